The number of carbonyl (C=O) groups excluding carboxylic acids is 2. The normalized spacial score (nSPS) is 10.1. The number of thiocarbonyl (C=S) groups is 1. The Hall–Kier alpha value is -2.93. The van der Waals surface area contributed by atoms with Crippen molar-refractivity contribution in [1.82, 2.24) is 5.32 Å². The van der Waals surface area contributed by atoms with Crippen molar-refractivity contribution >= 4 is 34.9 Å². The summed E-state index contributed by atoms with van der Waals surface area (Å²) in [5.74, 6) is -0.130. The third kappa shape index (κ3) is 7.54. The Balaban J connectivity index is 1.84. The van der Waals surface area contributed by atoms with Gasteiger partial charge in [-0.3, -0.25) is 10.1 Å². The minimum Gasteiger partial charge on any atom is -0.494 e. The predicted molar refractivity (Wildman–Crippen MR) is 118 cm³/mol. The van der Waals surface area contributed by atoms with Gasteiger partial charge in [-0.2, -0.15) is 0 Å². The number of benzene rings is 2. The molecule has 154 valence electrons. The van der Waals surface area contributed by atoms with Crippen LogP contribution in [0.25, 0.3) is 0 Å². The van der Waals surface area contributed by atoms with E-state index in [1.54, 1.807) is 18.2 Å². The van der Waals surface area contributed by atoms with Gasteiger partial charge in [-0.1, -0.05) is 32.3 Å². The lowest BCUT2D eigenvalue weighted by Crippen LogP contribution is -2.34. The summed E-state index contributed by atoms with van der Waals surface area (Å²) in [7, 11) is 1.29. The molecule has 0 aromatic heterocycles. The molecule has 2 aromatic rings. The summed E-state index contributed by atoms with van der Waals surface area (Å²) < 4.78 is 10.4. The molecule has 7 heteroatoms. The molecule has 0 bridgehead atoms. The molecule has 2 rings (SSSR count). The Morgan fingerprint density at radius 2 is 1.72 bits per heavy atom. The zero-order valence-electron chi connectivity index (χ0n) is 16.7. The molecule has 0 saturated heterocycles. The smallest absolute Gasteiger partial charge is 0.337 e. The molecule has 29 heavy (non-hydrogen) atoms. The van der Waals surface area contributed by atoms with E-state index in [0.717, 1.165) is 17.9 Å². The first-order chi connectivity index (χ1) is 14.0. The van der Waals surface area contributed by atoms with Crippen LogP contribution in [0.4, 0.5) is 5.69 Å². The average molecular weight is 415 g/mol. The summed E-state index contributed by atoms with van der Waals surface area (Å²) in [5.41, 5.74) is 1.34. The number of unbranched alkanes of at least 4 members (excludes halogenated alkanes) is 3. The maximum Gasteiger partial charge on any atom is 0.337 e. The second-order valence-corrected chi connectivity index (χ2v) is 6.82. The molecule has 0 saturated carbocycles. The van der Waals surface area contributed by atoms with E-state index in [2.05, 4.69) is 22.3 Å². The van der Waals surface area contributed by atoms with Gasteiger partial charge in [0.15, 0.2) is 5.11 Å². The molecule has 2 aromatic carbocycles. The standard InChI is InChI=1S/C22H26N2O4S/c1-3-4-5-6-14-28-19-12-10-18(11-13-19)23-22(29)24-20(25)16-8-7-9-17(15-16)21(26)27-2/h7-13,15H,3-6,14H2,1-2H3,(H2,23,24,25,29). The molecule has 6 nitrogen and oxygen atoms in total. The van der Waals surface area contributed by atoms with Crippen molar-refractivity contribution in [2.24, 2.45) is 0 Å². The lowest BCUT2D eigenvalue weighted by Gasteiger charge is -2.11. The highest BCUT2D eigenvalue weighted by Gasteiger charge is 2.12. The summed E-state index contributed by atoms with van der Waals surface area (Å²) in [6.07, 6.45) is 4.64. The maximum atomic E-state index is 12.3. The second kappa shape index (κ2) is 11.8. The Morgan fingerprint density at radius 3 is 2.41 bits per heavy atom. The van der Waals surface area contributed by atoms with E-state index in [1.165, 1.54) is 32.4 Å². The van der Waals surface area contributed by atoms with Gasteiger partial charge in [-0.05, 0) is 61.1 Å². The van der Waals surface area contributed by atoms with Gasteiger partial charge in [0.2, 0.25) is 0 Å². The molecule has 2 N–H and O–H groups in total. The zero-order valence-corrected chi connectivity index (χ0v) is 17.5. The van der Waals surface area contributed by atoms with E-state index < -0.39 is 11.9 Å². The number of methoxy groups -OCH3 is 1. The summed E-state index contributed by atoms with van der Waals surface area (Å²) in [4.78, 5) is 23.9. The fourth-order valence-electron chi connectivity index (χ4n) is 2.60. The van der Waals surface area contributed by atoms with Crippen molar-refractivity contribution in [3.8, 4) is 5.75 Å². The number of anilines is 1. The Kier molecular flexibility index (Phi) is 9.11. The largest absolute Gasteiger partial charge is 0.494 e. The van der Waals surface area contributed by atoms with Gasteiger partial charge >= 0.3 is 5.97 Å². The lowest BCUT2D eigenvalue weighted by molar-refractivity contribution is 0.0600. The first-order valence-corrected chi connectivity index (χ1v) is 9.98. The number of carbonyl (C=O) groups is 2. The fourth-order valence-corrected chi connectivity index (χ4v) is 2.81. The van der Waals surface area contributed by atoms with Crippen molar-refractivity contribution in [1.29, 1.82) is 0 Å². The van der Waals surface area contributed by atoms with Crippen LogP contribution < -0.4 is 15.4 Å². The van der Waals surface area contributed by atoms with Gasteiger partial charge < -0.3 is 14.8 Å². The van der Waals surface area contributed by atoms with Gasteiger partial charge in [-0.15, -0.1) is 0 Å². The number of nitrogens with one attached hydrogen (secondary N) is 2. The molecule has 0 spiro atoms. The summed E-state index contributed by atoms with van der Waals surface area (Å²) in [6, 6.07) is 13.6. The Labute approximate surface area is 176 Å². The first kappa shape index (κ1) is 22.4. The van der Waals surface area contributed by atoms with Crippen molar-refractivity contribution in [2.75, 3.05) is 19.0 Å². The van der Waals surface area contributed by atoms with Crippen LogP contribution in [0, 0.1) is 0 Å². The van der Waals surface area contributed by atoms with E-state index in [9.17, 15) is 9.59 Å². The molecular weight excluding hydrogens is 388 g/mol. The number of rotatable bonds is 9. The minimum atomic E-state index is -0.506. The quantitative estimate of drug-likeness (QED) is 0.356. The molecular formula is C22H26N2O4S. The summed E-state index contributed by atoms with van der Waals surface area (Å²) >= 11 is 5.20. The van der Waals surface area contributed by atoms with Gasteiger partial charge in [0.25, 0.3) is 5.91 Å². The molecule has 0 unspecified atom stereocenters. The molecule has 1 amide bonds. The SMILES string of the molecule is CCCCCCOc1ccc(NC(=S)NC(=O)c2cccc(C(=O)OC)c2)cc1. The van der Waals surface area contributed by atoms with Crippen molar-refractivity contribution in [3.05, 3.63) is 59.7 Å². The van der Waals surface area contributed by atoms with Crippen LogP contribution in [0.15, 0.2) is 48.5 Å². The van der Waals surface area contributed by atoms with Crippen molar-refractivity contribution < 1.29 is 19.1 Å². The first-order valence-electron chi connectivity index (χ1n) is 9.57. The number of amides is 1. The van der Waals surface area contributed by atoms with E-state index in [-0.39, 0.29) is 5.11 Å². The maximum absolute atomic E-state index is 12.3. The highest BCUT2D eigenvalue weighted by atomic mass is 32.1. The van der Waals surface area contributed by atoms with Gasteiger partial charge in [0.1, 0.15) is 5.75 Å². The van der Waals surface area contributed by atoms with Crippen LogP contribution in [-0.2, 0) is 4.74 Å². The fraction of sp³-hybridized carbons (Fsp3) is 0.318. The minimum absolute atomic E-state index is 0.159. The van der Waals surface area contributed by atoms with E-state index >= 15 is 0 Å². The average Bonchev–Trinajstić information content (AvgIpc) is 2.74. The van der Waals surface area contributed by atoms with Crippen LogP contribution in [0.2, 0.25) is 0 Å². The summed E-state index contributed by atoms with van der Waals surface area (Å²) in [5, 5.41) is 5.71. The molecule has 0 aliphatic rings. The van der Waals surface area contributed by atoms with Crippen LogP contribution in [0.3, 0.4) is 0 Å². The van der Waals surface area contributed by atoms with Crippen molar-refractivity contribution in [3.63, 3.8) is 0 Å². The Morgan fingerprint density at radius 1 is 1.00 bits per heavy atom. The predicted octanol–water partition coefficient (Wildman–Crippen LogP) is 4.56. The number of hydrogen-bond acceptors (Lipinski definition) is 5. The van der Waals surface area contributed by atoms with Crippen LogP contribution >= 0.6 is 12.2 Å². The van der Waals surface area contributed by atoms with Crippen LogP contribution in [0.1, 0.15) is 53.3 Å². The Bertz CT molecular complexity index is 837. The number of hydrogen-bond donors (Lipinski definition) is 2. The molecule has 0 radical (unpaired) electrons. The monoisotopic (exact) mass is 414 g/mol. The van der Waals surface area contributed by atoms with E-state index in [1.807, 2.05) is 24.3 Å². The summed E-state index contributed by atoms with van der Waals surface area (Å²) in [6.45, 7) is 2.88. The van der Waals surface area contributed by atoms with E-state index in [4.69, 9.17) is 17.0 Å². The third-order valence-corrected chi connectivity index (χ3v) is 4.36. The van der Waals surface area contributed by atoms with E-state index in [0.29, 0.717) is 17.7 Å². The zero-order chi connectivity index (χ0) is 21.1. The lowest BCUT2D eigenvalue weighted by atomic mass is 10.1. The third-order valence-electron chi connectivity index (χ3n) is 4.15. The van der Waals surface area contributed by atoms with Gasteiger partial charge in [0, 0.05) is 11.3 Å². The van der Waals surface area contributed by atoms with Crippen LogP contribution in [-0.4, -0.2) is 30.7 Å². The van der Waals surface area contributed by atoms with Gasteiger partial charge in [-0.25, -0.2) is 4.79 Å². The highest BCUT2D eigenvalue weighted by molar-refractivity contribution is 7.80. The highest BCUT2D eigenvalue weighted by Crippen LogP contribution is 2.16. The molecule has 0 aliphatic carbocycles. The van der Waals surface area contributed by atoms with Crippen LogP contribution in [0.5, 0.6) is 5.75 Å². The van der Waals surface area contributed by atoms with Crippen molar-refractivity contribution in [2.45, 2.75) is 32.6 Å². The molecule has 0 fully saturated rings. The second-order valence-electron chi connectivity index (χ2n) is 6.41. The molecule has 0 aliphatic heterocycles. The number of esters is 1. The molecule has 0 atom stereocenters. The number of ether oxygens (including phenoxy) is 2. The topological polar surface area (TPSA) is 76.7 Å². The molecule has 0 heterocycles. The van der Waals surface area contributed by atoms with Gasteiger partial charge in [0.05, 0.1) is 19.3 Å².